The smallest absolute Gasteiger partial charge is 0.0673 e. The van der Waals surface area contributed by atoms with Crippen LogP contribution in [0.15, 0.2) is 47.8 Å². The molecule has 1 nitrogen and oxygen atoms in total. The maximum absolute atomic E-state index is 3.97. The van der Waals surface area contributed by atoms with Gasteiger partial charge in [-0.1, -0.05) is 63.1 Å². The van der Waals surface area contributed by atoms with Crippen LogP contribution in [0.4, 0.5) is 0 Å². The first-order valence-electron chi connectivity index (χ1n) is 8.10. The van der Waals surface area contributed by atoms with Crippen LogP contribution >= 0.6 is 11.3 Å². The van der Waals surface area contributed by atoms with Crippen LogP contribution in [0.25, 0.3) is 0 Å². The van der Waals surface area contributed by atoms with Crippen LogP contribution < -0.4 is 5.32 Å². The van der Waals surface area contributed by atoms with Gasteiger partial charge in [-0.05, 0) is 35.3 Å². The molecule has 1 fully saturated rings. The molecule has 0 aliphatic heterocycles. The van der Waals surface area contributed by atoms with Crippen molar-refractivity contribution in [2.45, 2.75) is 45.2 Å². The molecule has 0 radical (unpaired) electrons. The quantitative estimate of drug-likeness (QED) is 0.813. The van der Waals surface area contributed by atoms with E-state index in [1.165, 1.54) is 29.7 Å². The topological polar surface area (TPSA) is 12.0 Å². The summed E-state index contributed by atoms with van der Waals surface area (Å²) in [5, 5.41) is 6.15. The summed E-state index contributed by atoms with van der Waals surface area (Å²) in [6.45, 7) is 4.82. The highest BCUT2D eigenvalue weighted by atomic mass is 32.1. The molecule has 4 atom stereocenters. The van der Waals surface area contributed by atoms with E-state index in [0.29, 0.717) is 12.1 Å². The summed E-state index contributed by atoms with van der Waals surface area (Å²) in [5.74, 6) is 1.58. The summed E-state index contributed by atoms with van der Waals surface area (Å²) in [6, 6.07) is 16.2. The standard InChI is InChI=1S/C19H25NS/c1-14-8-6-11-17(15(14)2)20-19(18-12-7-13-21-18)16-9-4-3-5-10-16/h3-5,7,9-10,12-15,17,19-20H,6,8,11H2,1-2H3. The molecule has 0 amide bonds. The Morgan fingerprint density at radius 3 is 2.57 bits per heavy atom. The van der Waals surface area contributed by atoms with Crippen molar-refractivity contribution in [1.82, 2.24) is 5.32 Å². The fourth-order valence-corrected chi connectivity index (χ4v) is 4.29. The summed E-state index contributed by atoms with van der Waals surface area (Å²) >= 11 is 1.85. The van der Waals surface area contributed by atoms with Crippen LogP contribution in [-0.4, -0.2) is 6.04 Å². The molecule has 1 aromatic carbocycles. The fourth-order valence-electron chi connectivity index (χ4n) is 3.47. The van der Waals surface area contributed by atoms with Gasteiger partial charge in [0.1, 0.15) is 0 Å². The summed E-state index contributed by atoms with van der Waals surface area (Å²) in [4.78, 5) is 1.42. The Bertz CT molecular complexity index is 534. The highest BCUT2D eigenvalue weighted by Crippen LogP contribution is 2.33. The van der Waals surface area contributed by atoms with Crippen molar-refractivity contribution in [1.29, 1.82) is 0 Å². The second kappa shape index (κ2) is 6.76. The number of hydrogen-bond acceptors (Lipinski definition) is 2. The molecule has 2 aromatic rings. The third-order valence-corrected chi connectivity index (χ3v) is 5.99. The first kappa shape index (κ1) is 14.8. The van der Waals surface area contributed by atoms with E-state index in [9.17, 15) is 0 Å². The third kappa shape index (κ3) is 3.38. The number of rotatable bonds is 4. The second-order valence-electron chi connectivity index (χ2n) is 6.40. The average molecular weight is 299 g/mol. The van der Waals surface area contributed by atoms with E-state index in [4.69, 9.17) is 0 Å². The van der Waals surface area contributed by atoms with Crippen molar-refractivity contribution < 1.29 is 0 Å². The molecule has 1 aromatic heterocycles. The van der Waals surface area contributed by atoms with Crippen LogP contribution in [0, 0.1) is 11.8 Å². The molecule has 2 heteroatoms. The van der Waals surface area contributed by atoms with Gasteiger partial charge in [-0.2, -0.15) is 0 Å². The molecule has 1 aliphatic carbocycles. The van der Waals surface area contributed by atoms with Crippen LogP contribution in [0.5, 0.6) is 0 Å². The predicted molar refractivity (Wildman–Crippen MR) is 91.7 cm³/mol. The first-order chi connectivity index (χ1) is 10.3. The number of thiophene rings is 1. The van der Waals surface area contributed by atoms with Crippen LogP contribution in [-0.2, 0) is 0 Å². The molecular formula is C19H25NS. The van der Waals surface area contributed by atoms with Crippen molar-refractivity contribution in [2.75, 3.05) is 0 Å². The minimum atomic E-state index is 0.337. The number of nitrogens with one attached hydrogen (secondary N) is 1. The van der Waals surface area contributed by atoms with Crippen molar-refractivity contribution in [3.63, 3.8) is 0 Å². The van der Waals surface area contributed by atoms with Gasteiger partial charge in [0.2, 0.25) is 0 Å². The summed E-state index contributed by atoms with van der Waals surface area (Å²) in [6.07, 6.45) is 4.05. The summed E-state index contributed by atoms with van der Waals surface area (Å²) in [5.41, 5.74) is 1.38. The maximum atomic E-state index is 3.97. The van der Waals surface area contributed by atoms with Crippen LogP contribution in [0.3, 0.4) is 0 Å². The molecule has 112 valence electrons. The van der Waals surface area contributed by atoms with Gasteiger partial charge in [0, 0.05) is 10.9 Å². The zero-order chi connectivity index (χ0) is 14.7. The van der Waals surface area contributed by atoms with Crippen LogP contribution in [0.2, 0.25) is 0 Å². The molecule has 3 rings (SSSR count). The zero-order valence-electron chi connectivity index (χ0n) is 13.0. The molecule has 4 unspecified atom stereocenters. The lowest BCUT2D eigenvalue weighted by Crippen LogP contribution is -2.42. The normalized spacial score (nSPS) is 27.4. The van der Waals surface area contributed by atoms with Gasteiger partial charge in [0.05, 0.1) is 6.04 Å². The monoisotopic (exact) mass is 299 g/mol. The number of benzene rings is 1. The Morgan fingerprint density at radius 2 is 1.86 bits per heavy atom. The highest BCUT2D eigenvalue weighted by molar-refractivity contribution is 7.10. The fraction of sp³-hybridized carbons (Fsp3) is 0.474. The maximum Gasteiger partial charge on any atom is 0.0673 e. The van der Waals surface area contributed by atoms with Crippen molar-refractivity contribution in [3.05, 3.63) is 58.3 Å². The second-order valence-corrected chi connectivity index (χ2v) is 7.38. The molecule has 1 aliphatic rings. The Morgan fingerprint density at radius 1 is 1.05 bits per heavy atom. The van der Waals surface area contributed by atoms with E-state index in [1.54, 1.807) is 0 Å². The van der Waals surface area contributed by atoms with E-state index >= 15 is 0 Å². The van der Waals surface area contributed by atoms with Crippen molar-refractivity contribution in [3.8, 4) is 0 Å². The lowest BCUT2D eigenvalue weighted by atomic mass is 9.77. The zero-order valence-corrected chi connectivity index (χ0v) is 13.8. The SMILES string of the molecule is CC1CCCC(NC(c2ccccc2)c2cccs2)C1C. The van der Waals surface area contributed by atoms with E-state index < -0.39 is 0 Å². The largest absolute Gasteiger partial charge is 0.303 e. The van der Waals surface area contributed by atoms with Gasteiger partial charge >= 0.3 is 0 Å². The molecule has 1 N–H and O–H groups in total. The molecule has 1 heterocycles. The Labute approximate surface area is 132 Å². The Kier molecular flexibility index (Phi) is 4.77. The third-order valence-electron chi connectivity index (χ3n) is 5.05. The molecule has 0 saturated heterocycles. The average Bonchev–Trinajstić information content (AvgIpc) is 3.04. The lowest BCUT2D eigenvalue weighted by Gasteiger charge is -2.37. The summed E-state index contributed by atoms with van der Waals surface area (Å²) < 4.78 is 0. The van der Waals surface area contributed by atoms with Gasteiger partial charge < -0.3 is 5.32 Å². The van der Waals surface area contributed by atoms with Gasteiger partial charge in [-0.25, -0.2) is 0 Å². The van der Waals surface area contributed by atoms with Gasteiger partial charge in [0.25, 0.3) is 0 Å². The minimum absolute atomic E-state index is 0.337. The Balaban J connectivity index is 1.83. The van der Waals surface area contributed by atoms with Gasteiger partial charge in [0.15, 0.2) is 0 Å². The van der Waals surface area contributed by atoms with E-state index in [1.807, 2.05) is 11.3 Å². The minimum Gasteiger partial charge on any atom is -0.303 e. The van der Waals surface area contributed by atoms with E-state index in [-0.39, 0.29) is 0 Å². The van der Waals surface area contributed by atoms with E-state index in [0.717, 1.165) is 11.8 Å². The summed E-state index contributed by atoms with van der Waals surface area (Å²) in [7, 11) is 0. The molecule has 21 heavy (non-hydrogen) atoms. The van der Waals surface area contributed by atoms with Crippen molar-refractivity contribution in [2.24, 2.45) is 11.8 Å². The molecule has 0 spiro atoms. The highest BCUT2D eigenvalue weighted by Gasteiger charge is 2.29. The Hall–Kier alpha value is -1.12. The predicted octanol–water partition coefficient (Wildman–Crippen LogP) is 5.25. The van der Waals surface area contributed by atoms with Crippen molar-refractivity contribution >= 4 is 11.3 Å². The molecular weight excluding hydrogens is 274 g/mol. The van der Waals surface area contributed by atoms with E-state index in [2.05, 4.69) is 67.0 Å². The molecule has 1 saturated carbocycles. The first-order valence-corrected chi connectivity index (χ1v) is 8.98. The number of hydrogen-bond donors (Lipinski definition) is 1. The van der Waals surface area contributed by atoms with Gasteiger partial charge in [-0.3, -0.25) is 0 Å². The lowest BCUT2D eigenvalue weighted by molar-refractivity contribution is 0.199. The van der Waals surface area contributed by atoms with Crippen LogP contribution in [0.1, 0.15) is 49.6 Å². The molecule has 0 bridgehead atoms. The van der Waals surface area contributed by atoms with Gasteiger partial charge in [-0.15, -0.1) is 11.3 Å².